The van der Waals surface area contributed by atoms with E-state index in [4.69, 9.17) is 18.0 Å². The fourth-order valence-corrected chi connectivity index (χ4v) is 2.39. The number of nitrogens with one attached hydrogen (secondary N) is 1. The van der Waals surface area contributed by atoms with Crippen LogP contribution in [0, 0.1) is 5.92 Å². The van der Waals surface area contributed by atoms with Crippen LogP contribution < -0.4 is 11.1 Å². The predicted octanol–water partition coefficient (Wildman–Crippen LogP) is -0.382. The Bertz CT molecular complexity index is 309. The van der Waals surface area contributed by atoms with Gasteiger partial charge in [0.1, 0.15) is 0 Å². The van der Waals surface area contributed by atoms with Crippen molar-refractivity contribution in [2.24, 2.45) is 11.7 Å². The quantitative estimate of drug-likeness (QED) is 0.662. The zero-order valence-electron chi connectivity index (χ0n) is 9.48. The number of hydrogen-bond donors (Lipinski definition) is 2. The Hall–Kier alpha value is -0.880. The number of nitrogens with two attached hydrogens (primary N) is 1. The molecular weight excluding hydrogens is 224 g/mol. The summed E-state index contributed by atoms with van der Waals surface area (Å²) in [5, 5.41) is 2.87. The molecule has 0 bridgehead atoms. The molecule has 2 fully saturated rings. The largest absolute Gasteiger partial charge is 0.393 e. The summed E-state index contributed by atoms with van der Waals surface area (Å²) >= 11 is 4.97. The number of amides is 2. The van der Waals surface area contributed by atoms with Crippen LogP contribution in [0.15, 0.2) is 0 Å². The third kappa shape index (κ3) is 2.27. The van der Waals surface area contributed by atoms with E-state index in [1.165, 1.54) is 0 Å². The zero-order valence-corrected chi connectivity index (χ0v) is 10.3. The Balaban J connectivity index is 1.87. The molecule has 0 radical (unpaired) electrons. The lowest BCUT2D eigenvalue weighted by molar-refractivity contribution is 0.117. The number of carbonyl (C=O) groups is 1. The molecule has 0 aromatic carbocycles. The molecule has 5 nitrogen and oxygen atoms in total. The fraction of sp³-hybridized carbons (Fsp3) is 0.800. The lowest BCUT2D eigenvalue weighted by Crippen LogP contribution is -2.53. The van der Waals surface area contributed by atoms with Crippen molar-refractivity contribution in [3.8, 4) is 0 Å². The van der Waals surface area contributed by atoms with Crippen molar-refractivity contribution in [3.63, 3.8) is 0 Å². The van der Waals surface area contributed by atoms with Crippen molar-refractivity contribution in [3.05, 3.63) is 0 Å². The van der Waals surface area contributed by atoms with E-state index in [1.807, 2.05) is 11.8 Å². The minimum absolute atomic E-state index is 0.0760. The predicted molar refractivity (Wildman–Crippen MR) is 66.3 cm³/mol. The lowest BCUT2D eigenvalue weighted by Gasteiger charge is -2.37. The van der Waals surface area contributed by atoms with Crippen LogP contribution in [0.5, 0.6) is 0 Å². The highest BCUT2D eigenvalue weighted by molar-refractivity contribution is 7.80. The van der Waals surface area contributed by atoms with Crippen molar-refractivity contribution in [2.75, 3.05) is 32.7 Å². The highest BCUT2D eigenvalue weighted by Crippen LogP contribution is 2.15. The summed E-state index contributed by atoms with van der Waals surface area (Å²) in [5.41, 5.74) is 5.61. The number of thiocarbonyl (C=S) groups is 1. The molecule has 2 saturated heterocycles. The van der Waals surface area contributed by atoms with Gasteiger partial charge in [0, 0.05) is 38.6 Å². The first-order valence-corrected chi connectivity index (χ1v) is 6.05. The van der Waals surface area contributed by atoms with Crippen molar-refractivity contribution in [2.45, 2.75) is 13.0 Å². The molecule has 0 saturated carbocycles. The van der Waals surface area contributed by atoms with E-state index in [-0.39, 0.29) is 11.9 Å². The zero-order chi connectivity index (χ0) is 11.7. The van der Waals surface area contributed by atoms with Gasteiger partial charge >= 0.3 is 6.03 Å². The van der Waals surface area contributed by atoms with E-state index in [0.717, 1.165) is 32.7 Å². The molecular formula is C10H18N4OS. The Morgan fingerprint density at radius 2 is 2.44 bits per heavy atom. The van der Waals surface area contributed by atoms with E-state index < -0.39 is 0 Å². The minimum atomic E-state index is 0.0760. The van der Waals surface area contributed by atoms with Gasteiger partial charge in [-0.05, 0) is 0 Å². The number of fused-ring (bicyclic) bond motifs is 1. The molecule has 2 rings (SSSR count). The van der Waals surface area contributed by atoms with Crippen molar-refractivity contribution >= 4 is 23.2 Å². The van der Waals surface area contributed by atoms with E-state index in [9.17, 15) is 4.79 Å². The summed E-state index contributed by atoms with van der Waals surface area (Å²) in [6, 6.07) is 0.395. The summed E-state index contributed by atoms with van der Waals surface area (Å²) in [4.78, 5) is 16.2. The average molecular weight is 242 g/mol. The SMILES string of the molecule is CC(CN1CCN2C(=O)NCC2C1)C(N)=S. The van der Waals surface area contributed by atoms with Crippen LogP contribution >= 0.6 is 12.2 Å². The molecule has 2 aliphatic heterocycles. The molecule has 2 amide bonds. The molecule has 0 aromatic rings. The summed E-state index contributed by atoms with van der Waals surface area (Å²) in [6.45, 7) is 6.35. The van der Waals surface area contributed by atoms with E-state index in [2.05, 4.69) is 10.2 Å². The molecule has 2 unspecified atom stereocenters. The molecule has 2 heterocycles. The van der Waals surface area contributed by atoms with Crippen molar-refractivity contribution in [1.82, 2.24) is 15.1 Å². The van der Waals surface area contributed by atoms with Gasteiger partial charge in [0.15, 0.2) is 0 Å². The fourth-order valence-electron chi connectivity index (χ4n) is 2.31. The minimum Gasteiger partial charge on any atom is -0.393 e. The number of piperazine rings is 1. The molecule has 90 valence electrons. The van der Waals surface area contributed by atoms with Gasteiger partial charge in [-0.2, -0.15) is 0 Å². The molecule has 6 heteroatoms. The third-order valence-electron chi connectivity index (χ3n) is 3.33. The summed E-state index contributed by atoms with van der Waals surface area (Å²) in [6.07, 6.45) is 0. The molecule has 0 aromatic heterocycles. The van der Waals surface area contributed by atoms with Gasteiger partial charge in [0.25, 0.3) is 0 Å². The van der Waals surface area contributed by atoms with Gasteiger partial charge in [-0.1, -0.05) is 19.1 Å². The van der Waals surface area contributed by atoms with Gasteiger partial charge < -0.3 is 16.0 Å². The monoisotopic (exact) mass is 242 g/mol. The van der Waals surface area contributed by atoms with Crippen LogP contribution in [0.25, 0.3) is 0 Å². The topological polar surface area (TPSA) is 61.6 Å². The smallest absolute Gasteiger partial charge is 0.317 e. The summed E-state index contributed by atoms with van der Waals surface area (Å²) in [5.74, 6) is 0.242. The van der Waals surface area contributed by atoms with E-state index >= 15 is 0 Å². The molecule has 16 heavy (non-hydrogen) atoms. The highest BCUT2D eigenvalue weighted by atomic mass is 32.1. The van der Waals surface area contributed by atoms with Crippen LogP contribution in [-0.2, 0) is 0 Å². The molecule has 2 atom stereocenters. The maximum absolute atomic E-state index is 11.4. The molecule has 0 spiro atoms. The van der Waals surface area contributed by atoms with Crippen molar-refractivity contribution < 1.29 is 4.79 Å². The first-order valence-electron chi connectivity index (χ1n) is 5.64. The normalized spacial score (nSPS) is 27.4. The van der Waals surface area contributed by atoms with Gasteiger partial charge in [-0.25, -0.2) is 4.79 Å². The van der Waals surface area contributed by atoms with E-state index in [1.54, 1.807) is 0 Å². The number of carbonyl (C=O) groups excluding carboxylic acids is 1. The van der Waals surface area contributed by atoms with Crippen LogP contribution in [-0.4, -0.2) is 59.6 Å². The van der Waals surface area contributed by atoms with Crippen LogP contribution in [0.1, 0.15) is 6.92 Å². The van der Waals surface area contributed by atoms with Crippen LogP contribution in [0.3, 0.4) is 0 Å². The maximum Gasteiger partial charge on any atom is 0.317 e. The second-order valence-corrected chi connectivity index (χ2v) is 5.07. The highest BCUT2D eigenvalue weighted by Gasteiger charge is 2.35. The number of rotatable bonds is 3. The summed E-state index contributed by atoms with van der Waals surface area (Å²) in [7, 11) is 0. The molecule has 0 aliphatic carbocycles. The lowest BCUT2D eigenvalue weighted by atomic mass is 10.1. The van der Waals surface area contributed by atoms with Gasteiger partial charge in [-0.3, -0.25) is 4.90 Å². The Kier molecular flexibility index (Phi) is 3.30. The Morgan fingerprint density at radius 1 is 1.69 bits per heavy atom. The molecule has 2 aliphatic rings. The number of hydrogen-bond acceptors (Lipinski definition) is 3. The van der Waals surface area contributed by atoms with Crippen LogP contribution in [0.4, 0.5) is 4.79 Å². The van der Waals surface area contributed by atoms with Crippen LogP contribution in [0.2, 0.25) is 0 Å². The third-order valence-corrected chi connectivity index (χ3v) is 3.74. The second-order valence-electron chi connectivity index (χ2n) is 4.60. The standard InChI is InChI=1S/C10H18N4OS/c1-7(9(11)16)5-13-2-3-14-8(6-13)4-12-10(14)15/h7-8H,2-6H2,1H3,(H2,11,16)(H,12,15). The number of urea groups is 1. The Morgan fingerprint density at radius 3 is 3.12 bits per heavy atom. The first kappa shape index (κ1) is 11.6. The maximum atomic E-state index is 11.4. The number of nitrogens with zero attached hydrogens (tertiary/aromatic N) is 2. The second kappa shape index (κ2) is 4.55. The summed E-state index contributed by atoms with van der Waals surface area (Å²) < 4.78 is 0. The van der Waals surface area contributed by atoms with Gasteiger partial charge in [-0.15, -0.1) is 0 Å². The van der Waals surface area contributed by atoms with Gasteiger partial charge in [0.2, 0.25) is 0 Å². The van der Waals surface area contributed by atoms with E-state index in [0.29, 0.717) is 11.0 Å². The van der Waals surface area contributed by atoms with Crippen molar-refractivity contribution in [1.29, 1.82) is 0 Å². The molecule has 3 N–H and O–H groups in total. The first-order chi connectivity index (χ1) is 7.58. The van der Waals surface area contributed by atoms with Gasteiger partial charge in [0.05, 0.1) is 11.0 Å². The average Bonchev–Trinajstić information content (AvgIpc) is 2.60. The Labute approximate surface area is 101 Å².